The molecular formula is C14H20FNO3. The number of ether oxygens (including phenoxy) is 2. The Morgan fingerprint density at radius 2 is 2.21 bits per heavy atom. The lowest BCUT2D eigenvalue weighted by Gasteiger charge is -2.16. The number of esters is 1. The quantitative estimate of drug-likeness (QED) is 0.610. The van der Waals surface area contributed by atoms with Crippen LogP contribution in [0.5, 0.6) is 5.75 Å². The van der Waals surface area contributed by atoms with E-state index in [1.54, 1.807) is 13.1 Å². The van der Waals surface area contributed by atoms with Crippen molar-refractivity contribution in [3.8, 4) is 5.75 Å². The van der Waals surface area contributed by atoms with Crippen molar-refractivity contribution in [2.24, 2.45) is 0 Å². The predicted octanol–water partition coefficient (Wildman–Crippen LogP) is 2.44. The number of rotatable bonds is 7. The molecule has 0 spiro atoms. The van der Waals surface area contributed by atoms with Crippen molar-refractivity contribution >= 4 is 5.97 Å². The molecule has 1 atom stereocenters. The average Bonchev–Trinajstić information content (AvgIpc) is 2.43. The van der Waals surface area contributed by atoms with E-state index in [1.807, 2.05) is 6.92 Å². The zero-order valence-electron chi connectivity index (χ0n) is 11.5. The summed E-state index contributed by atoms with van der Waals surface area (Å²) >= 11 is 0. The number of hydrogen-bond donors (Lipinski definition) is 1. The first-order chi connectivity index (χ1) is 9.08. The van der Waals surface area contributed by atoms with Gasteiger partial charge < -0.3 is 14.8 Å². The second kappa shape index (κ2) is 7.74. The van der Waals surface area contributed by atoms with E-state index in [-0.39, 0.29) is 17.8 Å². The predicted molar refractivity (Wildman–Crippen MR) is 70.6 cm³/mol. The van der Waals surface area contributed by atoms with Crippen LogP contribution >= 0.6 is 0 Å². The first kappa shape index (κ1) is 15.4. The first-order valence-electron chi connectivity index (χ1n) is 6.24. The molecule has 0 amide bonds. The second-order valence-corrected chi connectivity index (χ2v) is 4.22. The summed E-state index contributed by atoms with van der Waals surface area (Å²) in [7, 11) is 3.16. The van der Waals surface area contributed by atoms with Crippen molar-refractivity contribution < 1.29 is 18.7 Å². The monoisotopic (exact) mass is 269 g/mol. The summed E-state index contributed by atoms with van der Waals surface area (Å²) in [5.41, 5.74) is 0.764. The first-order valence-corrected chi connectivity index (χ1v) is 6.24. The maximum atomic E-state index is 13.2. The van der Waals surface area contributed by atoms with Crippen molar-refractivity contribution in [2.45, 2.75) is 25.8 Å². The second-order valence-electron chi connectivity index (χ2n) is 4.22. The topological polar surface area (TPSA) is 47.6 Å². The van der Waals surface area contributed by atoms with Crippen LogP contribution in [0, 0.1) is 5.82 Å². The van der Waals surface area contributed by atoms with Gasteiger partial charge in [-0.05, 0) is 38.6 Å². The van der Waals surface area contributed by atoms with Gasteiger partial charge in [0.05, 0.1) is 13.7 Å². The maximum absolute atomic E-state index is 13.2. The van der Waals surface area contributed by atoms with Crippen molar-refractivity contribution in [3.63, 3.8) is 0 Å². The van der Waals surface area contributed by atoms with Crippen LogP contribution in [0.1, 0.15) is 31.4 Å². The van der Waals surface area contributed by atoms with Gasteiger partial charge >= 0.3 is 5.97 Å². The van der Waals surface area contributed by atoms with Crippen LogP contribution in [0.4, 0.5) is 4.39 Å². The molecule has 0 aliphatic carbocycles. The van der Waals surface area contributed by atoms with Crippen molar-refractivity contribution in [2.75, 3.05) is 20.8 Å². The number of carbonyl (C=O) groups excluding carboxylic acids is 1. The number of carbonyl (C=O) groups is 1. The molecule has 0 heterocycles. The van der Waals surface area contributed by atoms with Crippen LogP contribution in [0.15, 0.2) is 18.2 Å². The van der Waals surface area contributed by atoms with E-state index in [0.717, 1.165) is 5.56 Å². The van der Waals surface area contributed by atoms with Gasteiger partial charge in [0.2, 0.25) is 0 Å². The molecule has 1 unspecified atom stereocenters. The lowest BCUT2D eigenvalue weighted by Crippen LogP contribution is -2.14. The van der Waals surface area contributed by atoms with Gasteiger partial charge in [-0.1, -0.05) is 0 Å². The van der Waals surface area contributed by atoms with Gasteiger partial charge in [0.25, 0.3) is 0 Å². The lowest BCUT2D eigenvalue weighted by molar-refractivity contribution is -0.140. The molecule has 4 nitrogen and oxygen atoms in total. The Morgan fingerprint density at radius 1 is 1.47 bits per heavy atom. The normalized spacial score (nSPS) is 12.0. The Hall–Kier alpha value is -1.62. The van der Waals surface area contributed by atoms with E-state index in [9.17, 15) is 9.18 Å². The summed E-state index contributed by atoms with van der Waals surface area (Å²) in [4.78, 5) is 11.0. The van der Waals surface area contributed by atoms with E-state index < -0.39 is 0 Å². The molecule has 106 valence electrons. The molecule has 19 heavy (non-hydrogen) atoms. The molecule has 1 aromatic carbocycles. The Morgan fingerprint density at radius 3 is 2.84 bits per heavy atom. The highest BCUT2D eigenvalue weighted by Crippen LogP contribution is 2.26. The summed E-state index contributed by atoms with van der Waals surface area (Å²) in [6.07, 6.45) is 0.881. The molecule has 0 saturated heterocycles. The van der Waals surface area contributed by atoms with Gasteiger partial charge in [-0.15, -0.1) is 0 Å². The minimum atomic E-state index is -0.293. The van der Waals surface area contributed by atoms with Crippen LogP contribution in [0.3, 0.4) is 0 Å². The van der Waals surface area contributed by atoms with E-state index >= 15 is 0 Å². The Kier molecular flexibility index (Phi) is 6.29. The number of benzene rings is 1. The van der Waals surface area contributed by atoms with Gasteiger partial charge in [0.1, 0.15) is 11.6 Å². The smallest absolute Gasteiger partial charge is 0.305 e. The van der Waals surface area contributed by atoms with Crippen LogP contribution < -0.4 is 10.1 Å². The highest BCUT2D eigenvalue weighted by atomic mass is 19.1. The van der Waals surface area contributed by atoms with E-state index in [2.05, 4.69) is 10.1 Å². The van der Waals surface area contributed by atoms with Gasteiger partial charge in [0.15, 0.2) is 0 Å². The summed E-state index contributed by atoms with van der Waals surface area (Å²) in [5.74, 6) is 0.0821. The number of methoxy groups -OCH3 is 1. The fraction of sp³-hybridized carbons (Fsp3) is 0.500. The summed E-state index contributed by atoms with van der Waals surface area (Å²) in [6.45, 7) is 2.32. The maximum Gasteiger partial charge on any atom is 0.305 e. The van der Waals surface area contributed by atoms with Crippen molar-refractivity contribution in [1.29, 1.82) is 0 Å². The summed E-state index contributed by atoms with van der Waals surface area (Å²) in [5, 5.41) is 3.05. The number of nitrogens with one attached hydrogen (secondary N) is 1. The standard InChI is InChI=1S/C14H20FNO3/c1-10(16-2)12-9-11(15)6-7-13(12)19-8-4-5-14(17)18-3/h6-7,9-10,16H,4-5,8H2,1-3H3. The van der Waals surface area contributed by atoms with Gasteiger partial charge in [-0.25, -0.2) is 4.39 Å². The SMILES string of the molecule is CNC(C)c1cc(F)ccc1OCCCC(=O)OC. The number of hydrogen-bond acceptors (Lipinski definition) is 4. The number of halogens is 1. The minimum Gasteiger partial charge on any atom is -0.493 e. The molecule has 0 aliphatic heterocycles. The third-order valence-electron chi connectivity index (χ3n) is 2.88. The molecule has 0 aliphatic rings. The molecule has 0 aromatic heterocycles. The zero-order chi connectivity index (χ0) is 14.3. The fourth-order valence-electron chi connectivity index (χ4n) is 1.65. The van der Waals surface area contributed by atoms with E-state index in [0.29, 0.717) is 25.2 Å². The summed E-state index contributed by atoms with van der Waals surface area (Å²) in [6, 6.07) is 4.42. The third kappa shape index (κ3) is 4.87. The molecule has 0 fully saturated rings. The lowest BCUT2D eigenvalue weighted by atomic mass is 10.1. The molecule has 0 radical (unpaired) electrons. The summed E-state index contributed by atoms with van der Waals surface area (Å²) < 4.78 is 23.4. The Bertz CT molecular complexity index is 423. The largest absolute Gasteiger partial charge is 0.493 e. The highest BCUT2D eigenvalue weighted by Gasteiger charge is 2.11. The van der Waals surface area contributed by atoms with Crippen LogP contribution in [0.25, 0.3) is 0 Å². The molecular weight excluding hydrogens is 249 g/mol. The van der Waals surface area contributed by atoms with Gasteiger partial charge in [-0.2, -0.15) is 0 Å². The van der Waals surface area contributed by atoms with Crippen LogP contribution in [0.2, 0.25) is 0 Å². The zero-order valence-corrected chi connectivity index (χ0v) is 11.5. The molecule has 5 heteroatoms. The average molecular weight is 269 g/mol. The minimum absolute atomic E-state index is 0.00805. The van der Waals surface area contributed by atoms with Crippen LogP contribution in [-0.4, -0.2) is 26.7 Å². The van der Waals surface area contributed by atoms with E-state index in [1.165, 1.54) is 19.2 Å². The van der Waals surface area contributed by atoms with E-state index in [4.69, 9.17) is 4.74 Å². The van der Waals surface area contributed by atoms with Crippen LogP contribution in [-0.2, 0) is 9.53 Å². The Labute approximate surface area is 112 Å². The molecule has 1 rings (SSSR count). The molecule has 1 N–H and O–H groups in total. The molecule has 0 bridgehead atoms. The molecule has 1 aromatic rings. The fourth-order valence-corrected chi connectivity index (χ4v) is 1.65. The third-order valence-corrected chi connectivity index (χ3v) is 2.88. The Balaban J connectivity index is 2.60. The van der Waals surface area contributed by atoms with Crippen molar-refractivity contribution in [3.05, 3.63) is 29.6 Å². The molecule has 0 saturated carbocycles. The van der Waals surface area contributed by atoms with Gasteiger partial charge in [0, 0.05) is 18.0 Å². The van der Waals surface area contributed by atoms with Gasteiger partial charge in [-0.3, -0.25) is 4.79 Å². The van der Waals surface area contributed by atoms with Crippen molar-refractivity contribution in [1.82, 2.24) is 5.32 Å². The highest BCUT2D eigenvalue weighted by molar-refractivity contribution is 5.69.